The van der Waals surface area contributed by atoms with Crippen molar-refractivity contribution in [3.8, 4) is 0 Å². The quantitative estimate of drug-likeness (QED) is 0.259. The molecule has 3 heterocycles. The normalized spacial score (nSPS) is 12.4. The highest BCUT2D eigenvalue weighted by Crippen LogP contribution is 2.31. The van der Waals surface area contributed by atoms with Crippen LogP contribution in [0.5, 0.6) is 0 Å². The monoisotopic (exact) mass is 523 g/mol. The van der Waals surface area contributed by atoms with E-state index in [1.807, 2.05) is 31.2 Å². The Bertz CT molecular complexity index is 1640. The van der Waals surface area contributed by atoms with Crippen molar-refractivity contribution in [1.29, 1.82) is 0 Å². The second-order valence-corrected chi connectivity index (χ2v) is 11.3. The summed E-state index contributed by atoms with van der Waals surface area (Å²) in [6.07, 6.45) is 5.10. The van der Waals surface area contributed by atoms with E-state index in [0.717, 1.165) is 26.7 Å². The lowest BCUT2D eigenvalue weighted by atomic mass is 9.86. The van der Waals surface area contributed by atoms with Crippen LogP contribution in [-0.4, -0.2) is 26.8 Å². The average Bonchev–Trinajstić information content (AvgIpc) is 3.33. The van der Waals surface area contributed by atoms with Gasteiger partial charge in [0, 0.05) is 28.9 Å². The van der Waals surface area contributed by atoms with Crippen LogP contribution in [0.3, 0.4) is 0 Å². The summed E-state index contributed by atoms with van der Waals surface area (Å²) in [4.78, 5) is 40.0. The number of anilines is 1. The van der Waals surface area contributed by atoms with Gasteiger partial charge in [-0.2, -0.15) is 0 Å². The third-order valence-electron chi connectivity index (χ3n) is 6.45. The molecule has 2 amide bonds. The smallest absolute Gasteiger partial charge is 0.275 e. The van der Waals surface area contributed by atoms with E-state index in [1.54, 1.807) is 6.07 Å². The molecule has 3 aromatic heterocycles. The molecule has 0 fully saturated rings. The molecule has 0 aliphatic rings. The summed E-state index contributed by atoms with van der Waals surface area (Å²) >= 11 is 1.39. The van der Waals surface area contributed by atoms with E-state index in [-0.39, 0.29) is 29.0 Å². The first kappa shape index (κ1) is 25.5. The Morgan fingerprint density at radius 3 is 2.55 bits per heavy atom. The van der Waals surface area contributed by atoms with E-state index in [1.165, 1.54) is 35.5 Å². The lowest BCUT2D eigenvalue weighted by Gasteiger charge is -2.19. The van der Waals surface area contributed by atoms with Gasteiger partial charge in [-0.05, 0) is 59.4 Å². The molecule has 0 saturated carbocycles. The summed E-state index contributed by atoms with van der Waals surface area (Å²) < 4.78 is 0. The molecule has 5 aromatic rings. The van der Waals surface area contributed by atoms with Crippen LogP contribution in [0, 0.1) is 0 Å². The van der Waals surface area contributed by atoms with Crippen molar-refractivity contribution in [1.82, 2.24) is 20.3 Å². The van der Waals surface area contributed by atoms with Crippen LogP contribution >= 0.6 is 11.3 Å². The Morgan fingerprint density at radius 2 is 1.82 bits per heavy atom. The highest BCUT2D eigenvalue weighted by molar-refractivity contribution is 7.20. The van der Waals surface area contributed by atoms with E-state index in [9.17, 15) is 9.59 Å². The summed E-state index contributed by atoms with van der Waals surface area (Å²) in [6.45, 7) is 8.60. The topological polar surface area (TPSA) is 96.9 Å². The zero-order chi connectivity index (χ0) is 26.9. The van der Waals surface area contributed by atoms with Crippen LogP contribution < -0.4 is 10.6 Å². The van der Waals surface area contributed by atoms with Crippen molar-refractivity contribution >= 4 is 50.0 Å². The van der Waals surface area contributed by atoms with E-state index in [2.05, 4.69) is 65.6 Å². The van der Waals surface area contributed by atoms with E-state index in [4.69, 9.17) is 4.98 Å². The molecule has 0 radical (unpaired) electrons. The minimum absolute atomic E-state index is 0.0494. The summed E-state index contributed by atoms with van der Waals surface area (Å²) in [6, 6.07) is 17.6. The molecular formula is C30H29N5O2S. The summed E-state index contributed by atoms with van der Waals surface area (Å²) in [5.74, 6) is -0.486. The molecule has 38 heavy (non-hydrogen) atoms. The number of pyridine rings is 1. The third-order valence-corrected chi connectivity index (χ3v) is 7.49. The second-order valence-electron chi connectivity index (χ2n) is 10.3. The molecule has 7 nitrogen and oxygen atoms in total. The molecule has 2 N–H and O–H groups in total. The summed E-state index contributed by atoms with van der Waals surface area (Å²) in [5, 5.41) is 8.03. The largest absolute Gasteiger partial charge is 0.345 e. The number of thiophene rings is 1. The van der Waals surface area contributed by atoms with Crippen molar-refractivity contribution in [2.24, 2.45) is 0 Å². The van der Waals surface area contributed by atoms with Gasteiger partial charge in [0.2, 0.25) is 0 Å². The number of hydrogen-bond donors (Lipinski definition) is 2. The lowest BCUT2D eigenvalue weighted by molar-refractivity contribution is 0.0938. The molecule has 192 valence electrons. The number of nitrogens with one attached hydrogen (secondary N) is 2. The van der Waals surface area contributed by atoms with Gasteiger partial charge in [0.05, 0.1) is 22.6 Å². The molecule has 2 aromatic carbocycles. The Balaban J connectivity index is 1.35. The number of amides is 2. The van der Waals surface area contributed by atoms with Gasteiger partial charge in [-0.25, -0.2) is 9.97 Å². The number of carbonyl (C=O) groups excluding carboxylic acids is 2. The van der Waals surface area contributed by atoms with Crippen LogP contribution in [0.4, 0.5) is 5.69 Å². The maximum absolute atomic E-state index is 13.3. The maximum atomic E-state index is 13.3. The van der Waals surface area contributed by atoms with E-state index < -0.39 is 0 Å². The van der Waals surface area contributed by atoms with Crippen molar-refractivity contribution in [3.63, 3.8) is 0 Å². The van der Waals surface area contributed by atoms with E-state index in [0.29, 0.717) is 17.0 Å². The van der Waals surface area contributed by atoms with Crippen molar-refractivity contribution in [2.45, 2.75) is 45.6 Å². The zero-order valence-electron chi connectivity index (χ0n) is 21.8. The van der Waals surface area contributed by atoms with Gasteiger partial charge in [0.1, 0.15) is 10.5 Å². The molecule has 0 bridgehead atoms. The van der Waals surface area contributed by atoms with Gasteiger partial charge in [0.15, 0.2) is 0 Å². The molecular weight excluding hydrogens is 494 g/mol. The van der Waals surface area contributed by atoms with Crippen molar-refractivity contribution in [3.05, 3.63) is 94.9 Å². The highest BCUT2D eigenvalue weighted by Gasteiger charge is 2.19. The number of hydrogen-bond acceptors (Lipinski definition) is 6. The number of fused-ring (bicyclic) bond motifs is 2. The number of aromatic nitrogens is 3. The fourth-order valence-corrected chi connectivity index (χ4v) is 5.23. The van der Waals surface area contributed by atoms with Crippen LogP contribution in [-0.2, 0) is 5.41 Å². The highest BCUT2D eigenvalue weighted by atomic mass is 32.1. The number of rotatable bonds is 6. The van der Waals surface area contributed by atoms with Gasteiger partial charge >= 0.3 is 0 Å². The summed E-state index contributed by atoms with van der Waals surface area (Å²) in [5.41, 5.74) is 3.98. The molecule has 0 aliphatic carbocycles. The molecule has 0 aliphatic heterocycles. The fourth-order valence-electron chi connectivity index (χ4n) is 4.31. The van der Waals surface area contributed by atoms with Crippen LogP contribution in [0.25, 0.3) is 21.1 Å². The van der Waals surface area contributed by atoms with E-state index >= 15 is 0 Å². The van der Waals surface area contributed by atoms with Gasteiger partial charge in [-0.3, -0.25) is 14.6 Å². The predicted molar refractivity (Wildman–Crippen MR) is 153 cm³/mol. The second kappa shape index (κ2) is 10.3. The van der Waals surface area contributed by atoms with Gasteiger partial charge in [0.25, 0.3) is 11.8 Å². The number of benzene rings is 2. The van der Waals surface area contributed by atoms with Gasteiger partial charge in [-0.1, -0.05) is 45.9 Å². The maximum Gasteiger partial charge on any atom is 0.275 e. The molecule has 0 spiro atoms. The zero-order valence-corrected chi connectivity index (χ0v) is 22.6. The Kier molecular flexibility index (Phi) is 6.91. The number of carbonyl (C=O) groups is 2. The standard InChI is InChI=1S/C30H29N5O2S/c1-5-23(18-7-6-8-22(15-18)33-27(36)25-17-31-11-12-32-25)34-28(37)26-16-20-13-19-14-21(30(2,3)4)9-10-24(19)35-29(20)38-26/h6-17,23H,5H2,1-4H3,(H,33,36)(H,34,37)/t23-/m1/s1. The fraction of sp³-hybridized carbons (Fsp3) is 0.233. The third kappa shape index (κ3) is 5.40. The van der Waals surface area contributed by atoms with Crippen molar-refractivity contribution < 1.29 is 9.59 Å². The number of nitrogens with zero attached hydrogens (tertiary/aromatic N) is 3. The molecule has 0 unspecified atom stereocenters. The first-order chi connectivity index (χ1) is 18.2. The van der Waals surface area contributed by atoms with Gasteiger partial charge < -0.3 is 10.6 Å². The molecule has 1 atom stereocenters. The summed E-state index contributed by atoms with van der Waals surface area (Å²) in [7, 11) is 0. The predicted octanol–water partition coefficient (Wildman–Crippen LogP) is 6.67. The van der Waals surface area contributed by atoms with Crippen LogP contribution in [0.15, 0.2) is 73.2 Å². The first-order valence-corrected chi connectivity index (χ1v) is 13.4. The van der Waals surface area contributed by atoms with Crippen LogP contribution in [0.1, 0.15) is 71.4 Å². The first-order valence-electron chi connectivity index (χ1n) is 12.5. The molecule has 8 heteroatoms. The Labute approximate surface area is 225 Å². The minimum atomic E-state index is -0.341. The SMILES string of the molecule is CC[C@@H](NC(=O)c1cc2cc3cc(C(C)(C)C)ccc3nc2s1)c1cccc(NC(=O)c2cnccn2)c1. The Morgan fingerprint density at radius 1 is 0.974 bits per heavy atom. The average molecular weight is 524 g/mol. The minimum Gasteiger partial charge on any atom is -0.345 e. The lowest BCUT2D eigenvalue weighted by Crippen LogP contribution is -2.27. The molecule has 0 saturated heterocycles. The van der Waals surface area contributed by atoms with Crippen LogP contribution in [0.2, 0.25) is 0 Å². The Hall–Kier alpha value is -4.17. The molecule has 5 rings (SSSR count). The van der Waals surface area contributed by atoms with Crippen molar-refractivity contribution in [2.75, 3.05) is 5.32 Å². The van der Waals surface area contributed by atoms with Gasteiger partial charge in [-0.15, -0.1) is 11.3 Å².